The summed E-state index contributed by atoms with van der Waals surface area (Å²) in [6.45, 7) is 3.22. The van der Waals surface area contributed by atoms with Crippen LogP contribution in [-0.4, -0.2) is 43.1 Å². The molecule has 0 aliphatic carbocycles. The molecule has 74 valence electrons. The Morgan fingerprint density at radius 3 is 2.54 bits per heavy atom. The van der Waals surface area contributed by atoms with Gasteiger partial charge in [-0.25, -0.2) is 8.42 Å². The van der Waals surface area contributed by atoms with Gasteiger partial charge >= 0.3 is 0 Å². The maximum Gasteiger partial charge on any atom is 0.243 e. The van der Waals surface area contributed by atoms with E-state index < -0.39 is 27.9 Å². The highest BCUT2D eigenvalue weighted by atomic mass is 32.2. The zero-order chi connectivity index (χ0) is 10.1. The molecule has 0 saturated carbocycles. The van der Waals surface area contributed by atoms with Crippen LogP contribution in [0.5, 0.6) is 0 Å². The van der Waals surface area contributed by atoms with Crippen molar-refractivity contribution in [2.24, 2.45) is 0 Å². The van der Waals surface area contributed by atoms with Crippen LogP contribution >= 0.6 is 0 Å². The molecule has 1 amide bonds. The van der Waals surface area contributed by atoms with Crippen molar-refractivity contribution in [1.29, 1.82) is 0 Å². The van der Waals surface area contributed by atoms with Gasteiger partial charge in [0.05, 0.1) is 23.7 Å². The second-order valence-electron chi connectivity index (χ2n) is 2.96. The summed E-state index contributed by atoms with van der Waals surface area (Å²) in [5.41, 5.74) is 0. The Labute approximate surface area is 76.4 Å². The Balaban J connectivity index is 2.63. The Bertz CT molecular complexity index is 321. The molecule has 2 unspecified atom stereocenters. The third-order valence-corrected chi connectivity index (χ3v) is 3.55. The number of nitrogens with one attached hydrogen (secondary N) is 1. The Morgan fingerprint density at radius 2 is 2.15 bits per heavy atom. The van der Waals surface area contributed by atoms with Gasteiger partial charge in [0.25, 0.3) is 0 Å². The molecule has 1 aliphatic heterocycles. The average molecular weight is 205 g/mol. The Hall–Kier alpha value is -0.880. The van der Waals surface area contributed by atoms with Crippen molar-refractivity contribution in [3.63, 3.8) is 0 Å². The number of carbonyl (C=O) groups is 1. The second-order valence-corrected chi connectivity index (χ2v) is 5.12. The number of sulfone groups is 1. The van der Waals surface area contributed by atoms with Crippen LogP contribution < -0.4 is 5.32 Å². The molecular formula is C7H11NO4S. The predicted octanol–water partition coefficient (Wildman–Crippen LogP) is -1.55. The van der Waals surface area contributed by atoms with E-state index in [1.165, 1.54) is 0 Å². The number of aliphatic hydroxyl groups is 1. The lowest BCUT2D eigenvalue weighted by Crippen LogP contribution is -2.41. The summed E-state index contributed by atoms with van der Waals surface area (Å²) in [5, 5.41) is 11.6. The number of hydrogen-bond acceptors (Lipinski definition) is 4. The first-order valence-corrected chi connectivity index (χ1v) is 5.58. The van der Waals surface area contributed by atoms with Gasteiger partial charge < -0.3 is 10.4 Å². The molecule has 1 heterocycles. The summed E-state index contributed by atoms with van der Waals surface area (Å²) in [6, 6.07) is -0.699. The monoisotopic (exact) mass is 205 g/mol. The molecule has 2 atom stereocenters. The van der Waals surface area contributed by atoms with Crippen molar-refractivity contribution in [3.05, 3.63) is 12.7 Å². The van der Waals surface area contributed by atoms with Gasteiger partial charge in [0.2, 0.25) is 5.91 Å². The number of hydrogen-bond donors (Lipinski definition) is 2. The van der Waals surface area contributed by atoms with E-state index in [1.54, 1.807) is 0 Å². The van der Waals surface area contributed by atoms with Crippen LogP contribution in [0.15, 0.2) is 12.7 Å². The number of aliphatic hydroxyl groups excluding tert-OH is 1. The molecule has 2 N–H and O–H groups in total. The average Bonchev–Trinajstić information content (AvgIpc) is 2.24. The predicted molar refractivity (Wildman–Crippen MR) is 46.8 cm³/mol. The molecular weight excluding hydrogens is 194 g/mol. The lowest BCUT2D eigenvalue weighted by molar-refractivity contribution is -0.117. The van der Waals surface area contributed by atoms with Crippen LogP contribution in [-0.2, 0) is 14.6 Å². The highest BCUT2D eigenvalue weighted by molar-refractivity contribution is 7.91. The van der Waals surface area contributed by atoms with Gasteiger partial charge in [-0.2, -0.15) is 0 Å². The zero-order valence-corrected chi connectivity index (χ0v) is 7.75. The van der Waals surface area contributed by atoms with Crippen molar-refractivity contribution in [2.45, 2.75) is 12.1 Å². The fourth-order valence-electron chi connectivity index (χ4n) is 1.21. The molecule has 0 bridgehead atoms. The normalized spacial score (nSPS) is 31.2. The molecule has 1 aliphatic rings. The van der Waals surface area contributed by atoms with Crippen LogP contribution in [0, 0.1) is 0 Å². The van der Waals surface area contributed by atoms with E-state index in [1.807, 2.05) is 0 Å². The van der Waals surface area contributed by atoms with Gasteiger partial charge in [-0.05, 0) is 6.08 Å². The van der Waals surface area contributed by atoms with E-state index in [0.29, 0.717) is 0 Å². The summed E-state index contributed by atoms with van der Waals surface area (Å²) in [5.74, 6) is -0.954. The summed E-state index contributed by atoms with van der Waals surface area (Å²) in [4.78, 5) is 10.8. The zero-order valence-electron chi connectivity index (χ0n) is 6.93. The standard InChI is InChI=1S/C7H11NO4S/c1-2-7(10)8-5-3-13(11,12)4-6(5)9/h2,5-6,9H,1,3-4H2,(H,8,10). The highest BCUT2D eigenvalue weighted by Crippen LogP contribution is 2.12. The summed E-state index contributed by atoms with van der Waals surface area (Å²) < 4.78 is 22.0. The van der Waals surface area contributed by atoms with E-state index >= 15 is 0 Å². The third-order valence-electron chi connectivity index (χ3n) is 1.84. The van der Waals surface area contributed by atoms with Crippen LogP contribution in [0.1, 0.15) is 0 Å². The highest BCUT2D eigenvalue weighted by Gasteiger charge is 2.36. The summed E-state index contributed by atoms with van der Waals surface area (Å²) >= 11 is 0. The van der Waals surface area contributed by atoms with Crippen molar-refractivity contribution >= 4 is 15.7 Å². The van der Waals surface area contributed by atoms with Crippen molar-refractivity contribution in [2.75, 3.05) is 11.5 Å². The molecule has 13 heavy (non-hydrogen) atoms. The van der Waals surface area contributed by atoms with E-state index in [2.05, 4.69) is 11.9 Å². The van der Waals surface area contributed by atoms with Gasteiger partial charge in [0.1, 0.15) is 0 Å². The molecule has 0 aromatic carbocycles. The van der Waals surface area contributed by atoms with Crippen LogP contribution in [0.4, 0.5) is 0 Å². The third kappa shape index (κ3) is 2.53. The number of amides is 1. The van der Waals surface area contributed by atoms with Gasteiger partial charge in [-0.15, -0.1) is 0 Å². The molecule has 1 fully saturated rings. The molecule has 0 aromatic rings. The largest absolute Gasteiger partial charge is 0.390 e. The van der Waals surface area contributed by atoms with Crippen LogP contribution in [0.3, 0.4) is 0 Å². The fourth-order valence-corrected chi connectivity index (χ4v) is 2.95. The minimum absolute atomic E-state index is 0.201. The molecule has 5 nitrogen and oxygen atoms in total. The maximum absolute atomic E-state index is 11.0. The molecule has 0 radical (unpaired) electrons. The van der Waals surface area contributed by atoms with Gasteiger partial charge in [0.15, 0.2) is 9.84 Å². The summed E-state index contributed by atoms with van der Waals surface area (Å²) in [7, 11) is -3.20. The van der Waals surface area contributed by atoms with Crippen molar-refractivity contribution in [3.8, 4) is 0 Å². The molecule has 0 spiro atoms. The van der Waals surface area contributed by atoms with Gasteiger partial charge in [-0.3, -0.25) is 4.79 Å². The topological polar surface area (TPSA) is 83.5 Å². The number of carbonyl (C=O) groups excluding carboxylic acids is 1. The first-order valence-electron chi connectivity index (χ1n) is 3.76. The Kier molecular flexibility index (Phi) is 2.72. The second kappa shape index (κ2) is 3.47. The smallest absolute Gasteiger partial charge is 0.243 e. The first-order chi connectivity index (χ1) is 5.94. The molecule has 1 saturated heterocycles. The first kappa shape index (κ1) is 10.2. The van der Waals surface area contributed by atoms with E-state index in [4.69, 9.17) is 0 Å². The Morgan fingerprint density at radius 1 is 1.54 bits per heavy atom. The molecule has 6 heteroatoms. The van der Waals surface area contributed by atoms with E-state index in [-0.39, 0.29) is 11.5 Å². The van der Waals surface area contributed by atoms with E-state index in [9.17, 15) is 18.3 Å². The SMILES string of the molecule is C=CC(=O)NC1CS(=O)(=O)CC1O. The van der Waals surface area contributed by atoms with Crippen molar-refractivity contribution in [1.82, 2.24) is 5.32 Å². The fraction of sp³-hybridized carbons (Fsp3) is 0.571. The lowest BCUT2D eigenvalue weighted by Gasteiger charge is -2.12. The van der Waals surface area contributed by atoms with Gasteiger partial charge in [0, 0.05) is 0 Å². The number of rotatable bonds is 2. The molecule has 0 aromatic heterocycles. The lowest BCUT2D eigenvalue weighted by atomic mass is 10.2. The van der Waals surface area contributed by atoms with E-state index in [0.717, 1.165) is 6.08 Å². The molecule has 1 rings (SSSR count). The summed E-state index contributed by atoms with van der Waals surface area (Å²) in [6.07, 6.45) is 0.0337. The minimum atomic E-state index is -3.20. The van der Waals surface area contributed by atoms with Crippen LogP contribution in [0.25, 0.3) is 0 Å². The minimum Gasteiger partial charge on any atom is -0.390 e. The van der Waals surface area contributed by atoms with Gasteiger partial charge in [-0.1, -0.05) is 6.58 Å². The van der Waals surface area contributed by atoms with Crippen molar-refractivity contribution < 1.29 is 18.3 Å². The quantitative estimate of drug-likeness (QED) is 0.534. The maximum atomic E-state index is 11.0. The van der Waals surface area contributed by atoms with Crippen LogP contribution in [0.2, 0.25) is 0 Å².